The summed E-state index contributed by atoms with van der Waals surface area (Å²) in [5.74, 6) is -9.95. The Hall–Kier alpha value is -10.8. The van der Waals surface area contributed by atoms with Crippen LogP contribution in [0.2, 0.25) is 20.2 Å². The van der Waals surface area contributed by atoms with Crippen LogP contribution < -0.4 is 86.5 Å². The van der Waals surface area contributed by atoms with Gasteiger partial charge in [0, 0.05) is 74.8 Å². The van der Waals surface area contributed by atoms with Crippen LogP contribution in [0.5, 0.6) is 0 Å². The number of primary amides is 2. The van der Waals surface area contributed by atoms with E-state index in [2.05, 4.69) is 175 Å². The number of para-hydroxylation sites is 1. The number of benzene rings is 3. The Balaban J connectivity index is 0.00000151. The van der Waals surface area contributed by atoms with E-state index in [0.717, 1.165) is 22.0 Å². The molecule has 0 saturated carbocycles. The average Bonchev–Trinajstić information content (AvgIpc) is 1.57. The van der Waals surface area contributed by atoms with Crippen LogP contribution in [0.15, 0.2) is 96.5 Å². The first-order chi connectivity index (χ1) is 58.1. The van der Waals surface area contributed by atoms with Gasteiger partial charge >= 0.3 is 5.97 Å². The van der Waals surface area contributed by atoms with Crippen molar-refractivity contribution >= 4 is 122 Å². The number of carboxylic acids is 1. The molecule has 0 aliphatic heterocycles. The zero-order valence-electron chi connectivity index (χ0n) is 77.0. The lowest BCUT2D eigenvalue weighted by Gasteiger charge is -2.39. The molecule has 0 saturated heterocycles. The fourth-order valence-corrected chi connectivity index (χ4v) is 24.6. The Morgan fingerprint density at radius 1 is 0.520 bits per heavy atom. The van der Waals surface area contributed by atoms with Crippen molar-refractivity contribution in [2.45, 2.75) is 296 Å². The summed E-state index contributed by atoms with van der Waals surface area (Å²) >= 11 is 0. The quantitative estimate of drug-likeness (QED) is 0.0111. The van der Waals surface area contributed by atoms with Crippen molar-refractivity contribution in [2.75, 3.05) is 19.6 Å². The molecule has 3 aromatic carbocycles. The number of imidazole rings is 1. The van der Waals surface area contributed by atoms with Crippen LogP contribution in [0.25, 0.3) is 10.9 Å². The highest BCUT2D eigenvalue weighted by Gasteiger charge is 2.41. The van der Waals surface area contributed by atoms with Crippen LogP contribution in [-0.4, -0.2) is 199 Å². The molecular weight excluding hydrogens is 1630 g/mol. The average molecular weight is 1770 g/mol. The van der Waals surface area contributed by atoms with Gasteiger partial charge in [-0.1, -0.05) is 202 Å². The van der Waals surface area contributed by atoms with Crippen molar-refractivity contribution in [3.05, 3.63) is 114 Å². The Morgan fingerprint density at radius 2 is 1.04 bits per heavy atom. The fraction of sp³-hybridized carbons (Fsp3) is 0.589. The van der Waals surface area contributed by atoms with Crippen molar-refractivity contribution < 1.29 is 72.5 Å². The van der Waals surface area contributed by atoms with E-state index in [-0.39, 0.29) is 128 Å². The van der Waals surface area contributed by atoms with E-state index in [9.17, 15) is 67.4 Å². The number of hydrogen-bond acceptors (Lipinski definition) is 16. The lowest BCUT2D eigenvalue weighted by atomic mass is 9.96. The molecule has 2 radical (unpaired) electrons. The third-order valence-corrected chi connectivity index (χ3v) is 28.5. The Morgan fingerprint density at radius 3 is 1.56 bits per heavy atom. The molecule has 2 aromatic heterocycles. The van der Waals surface area contributed by atoms with E-state index in [1.807, 2.05) is 58.0 Å². The van der Waals surface area contributed by atoms with Gasteiger partial charge in [-0.3, -0.25) is 67.3 Å². The SMILES string of the molecule is CC(C)(C)[Si](c1ccc(CC(=O)O)cc1)C(C)(C)C.CC(C)C[C@H](NC(=O)C[C@H](O)[C@H](CC(C)C)NC(=O)[C@H](Cc1cncn1C)NC(=O)CNC(=O)[C@@H](NC(=O)[C@H](C)NC(=O)[C@H](Cc1c[nH]c2ccccc12)NC(=O)[C@H](CCC(N)=O)NC(=O)CCCCNC(=O)[C@H](CCCN=C(N)N)NC(=O)Cc1ccc([Si](C(C)(C)C)C(C)(C)C)cc1)C(C)C)C(N)=O. The van der Waals surface area contributed by atoms with Crippen LogP contribution in [0.4, 0.5) is 0 Å². The Kier molecular flexibility index (Phi) is 42.4. The van der Waals surface area contributed by atoms with Crippen molar-refractivity contribution in [1.82, 2.24) is 67.7 Å². The number of nitrogens with zero attached hydrogens (tertiary/aromatic N) is 3. The number of hydrogen-bond donors (Lipinski definition) is 17. The number of fused-ring (bicyclic) bond motifs is 1. The van der Waals surface area contributed by atoms with Crippen LogP contribution in [0.1, 0.15) is 218 Å². The van der Waals surface area contributed by atoms with Crippen molar-refractivity contribution in [3.8, 4) is 0 Å². The number of aromatic amines is 1. The number of nitrogens with one attached hydrogen (secondary N) is 11. The minimum Gasteiger partial charge on any atom is -0.481 e. The van der Waals surface area contributed by atoms with Crippen LogP contribution in [0, 0.1) is 17.8 Å². The number of aliphatic hydroxyl groups is 1. The number of guanidine groups is 1. The van der Waals surface area contributed by atoms with Crippen LogP contribution >= 0.6 is 0 Å². The largest absolute Gasteiger partial charge is 0.481 e. The van der Waals surface area contributed by atoms with E-state index in [1.54, 1.807) is 49.9 Å². The van der Waals surface area contributed by atoms with Gasteiger partial charge in [0.15, 0.2) is 5.96 Å². The molecule has 35 heteroatoms. The van der Waals surface area contributed by atoms with Gasteiger partial charge in [0.1, 0.15) is 42.3 Å². The maximum absolute atomic E-state index is 14.5. The van der Waals surface area contributed by atoms with Gasteiger partial charge < -0.3 is 95.9 Å². The lowest BCUT2D eigenvalue weighted by Crippen LogP contribution is -2.59. The third kappa shape index (κ3) is 37.9. The highest BCUT2D eigenvalue weighted by atomic mass is 28.3. The van der Waals surface area contributed by atoms with E-state index in [0.29, 0.717) is 24.1 Å². The highest BCUT2D eigenvalue weighted by Crippen LogP contribution is 2.43. The first-order valence-corrected chi connectivity index (χ1v) is 46.1. The summed E-state index contributed by atoms with van der Waals surface area (Å²) in [7, 11) is -0.0746. The van der Waals surface area contributed by atoms with Gasteiger partial charge in [-0.05, 0) is 113 Å². The summed E-state index contributed by atoms with van der Waals surface area (Å²) in [6, 6.07) is 13.9. The summed E-state index contributed by atoms with van der Waals surface area (Å²) in [4.78, 5) is 185. The van der Waals surface area contributed by atoms with Gasteiger partial charge in [-0.15, -0.1) is 0 Å². The van der Waals surface area contributed by atoms with E-state index in [1.165, 1.54) is 29.8 Å². The maximum atomic E-state index is 14.5. The van der Waals surface area contributed by atoms with Gasteiger partial charge in [-0.25, -0.2) is 4.98 Å². The molecular formula is C90H142N18O15Si2. The number of carbonyl (C=O) groups is 13. The lowest BCUT2D eigenvalue weighted by molar-refractivity contribution is -0.136. The fourth-order valence-electron chi connectivity index (χ4n) is 15.6. The minimum absolute atomic E-state index is 0.0202. The van der Waals surface area contributed by atoms with Crippen molar-refractivity contribution in [3.63, 3.8) is 0 Å². The molecule has 0 spiro atoms. The second-order valence-corrected chi connectivity index (χ2v) is 46.3. The van der Waals surface area contributed by atoms with Gasteiger partial charge in [0.25, 0.3) is 0 Å². The number of rotatable bonds is 47. The van der Waals surface area contributed by atoms with E-state index >= 15 is 0 Å². The number of H-pyrrole nitrogens is 1. The number of aryl methyl sites for hydroxylation is 1. The molecule has 12 amide bonds. The zero-order valence-corrected chi connectivity index (χ0v) is 79.0. The molecule has 690 valence electrons. The predicted molar refractivity (Wildman–Crippen MR) is 489 cm³/mol. The zero-order chi connectivity index (χ0) is 94.2. The highest BCUT2D eigenvalue weighted by molar-refractivity contribution is 6.79. The van der Waals surface area contributed by atoms with Gasteiger partial charge in [0.05, 0.1) is 61.9 Å². The number of carbonyl (C=O) groups excluding carboxylic acids is 12. The first-order valence-electron chi connectivity index (χ1n) is 43.1. The Labute approximate surface area is 740 Å². The van der Waals surface area contributed by atoms with Gasteiger partial charge in [-0.2, -0.15) is 0 Å². The van der Waals surface area contributed by atoms with Crippen LogP contribution in [-0.2, 0) is 95.1 Å². The summed E-state index contributed by atoms with van der Waals surface area (Å²) < 4.78 is 1.63. The van der Waals surface area contributed by atoms with E-state index < -0.39 is 162 Å². The van der Waals surface area contributed by atoms with Gasteiger partial charge in [0.2, 0.25) is 70.9 Å². The molecule has 5 rings (SSSR count). The maximum Gasteiger partial charge on any atom is 0.307 e. The molecule has 0 aliphatic rings. The molecule has 21 N–H and O–H groups in total. The third-order valence-electron chi connectivity index (χ3n) is 20.7. The number of nitrogens with two attached hydrogens (primary N) is 4. The molecule has 9 atom stereocenters. The number of aliphatic imine (C=N–C) groups is 1. The standard InChI is InChI=1S/C74H117N18O13Si.C16H25O2Si/c1-42(2)32-54(58(93)37-62(97)87-55(65(76)99)33-43(3)4)89-70(104)57(36-48-39-79-41-92(48)14)88-63(98)40-83-71(105)64(44(5)6)91-66(100)45(7)84-69(103)56(35-47-38-82-51-21-16-15-20-50(47)51)90-68(102)53(28-29-59(75)94)85-60(95)23-17-18-30-80-67(101)52(22-19-31-81-72(77)78)86-61(96)34-46-24-26-49(27-25-46)106(73(8,9)10)74(11,12)13;1-15(2,3)19(16(4,5)6)13-9-7-12(8-10-13)11-14(17)18/h15-16,20-21,24-27,38-39,41-45,52-58,64,82,93H,17-19,22-23,28-37,40H2,1-14H3,(H2,75,94)(H2,76,99)(H,80,101)(H,83,105)(H,84,103)(H,85,95)(H,86,96)(H,87,97)(H,88,98)(H,89,104)(H,90,102)(H,91,100)(H4,77,78,81);7-10H,11H2,1-6H3,(H,17,18)/t45-,52-,53-,54-,55-,56-,57-,58-,64-;/m0./s1. The monoisotopic (exact) mass is 1770 g/mol. The molecule has 125 heavy (non-hydrogen) atoms. The number of aliphatic carboxylic acids is 1. The molecule has 0 unspecified atom stereocenters. The molecule has 0 aliphatic carbocycles. The molecule has 0 bridgehead atoms. The molecule has 5 aromatic rings. The molecule has 33 nitrogen and oxygen atoms in total. The first kappa shape index (κ1) is 107. The van der Waals surface area contributed by atoms with Crippen molar-refractivity contribution in [1.29, 1.82) is 0 Å². The Bertz CT molecular complexity index is 4410. The number of carboxylic acid groups (broad SMARTS) is 1. The summed E-state index contributed by atoms with van der Waals surface area (Å²) in [5.41, 5.74) is 25.6. The van der Waals surface area contributed by atoms with Crippen LogP contribution in [0.3, 0.4) is 0 Å². The smallest absolute Gasteiger partial charge is 0.307 e. The summed E-state index contributed by atoms with van der Waals surface area (Å²) in [5, 5.41) is 51.1. The van der Waals surface area contributed by atoms with Crippen molar-refractivity contribution in [2.24, 2.45) is 52.7 Å². The summed E-state index contributed by atoms with van der Waals surface area (Å²) in [6.45, 7) is 39.1. The van der Waals surface area contributed by atoms with E-state index in [4.69, 9.17) is 28.0 Å². The number of unbranched alkanes of at least 4 members (excludes halogenated alkanes) is 1. The number of aromatic nitrogens is 3. The topological polar surface area (TPSA) is 533 Å². The second kappa shape index (κ2) is 49.8. The second-order valence-electron chi connectivity index (χ2n) is 37.6. The normalized spacial score (nSPS) is 14.0. The number of amides is 12. The summed E-state index contributed by atoms with van der Waals surface area (Å²) in [6.07, 6.45) is 3.60. The predicted octanol–water partition coefficient (Wildman–Crippen LogP) is 4.45. The molecule has 2 heterocycles. The number of aliphatic hydroxyl groups excluding tert-OH is 1. The molecule has 0 fully saturated rings. The minimum atomic E-state index is -1.42.